The highest BCUT2D eigenvalue weighted by Gasteiger charge is 2.19. The number of fused-ring (bicyclic) bond motifs is 1. The molecule has 7 nitrogen and oxygen atoms in total. The van der Waals surface area contributed by atoms with Crippen molar-refractivity contribution in [3.8, 4) is 0 Å². The molecule has 1 aliphatic carbocycles. The van der Waals surface area contributed by atoms with E-state index in [1.807, 2.05) is 11.5 Å². The molecule has 2 N–H and O–H groups in total. The number of carboxylic acids is 1. The molecule has 1 aromatic heterocycles. The Labute approximate surface area is 179 Å². The molecule has 0 saturated heterocycles. The molecule has 1 fully saturated rings. The number of carbonyl (C=O) groups excluding carboxylic acids is 1. The first-order valence-electron chi connectivity index (χ1n) is 10.3. The second-order valence-corrected chi connectivity index (χ2v) is 7.91. The van der Waals surface area contributed by atoms with Gasteiger partial charge in [-0.3, -0.25) is 10.1 Å². The molecule has 0 bridgehead atoms. The van der Waals surface area contributed by atoms with Gasteiger partial charge in [-0.2, -0.15) is 0 Å². The zero-order chi connectivity index (χ0) is 22.0. The van der Waals surface area contributed by atoms with Crippen LogP contribution < -0.4 is 10.7 Å². The van der Waals surface area contributed by atoms with E-state index in [0.29, 0.717) is 23.1 Å². The van der Waals surface area contributed by atoms with Crippen LogP contribution in [0.2, 0.25) is 0 Å². The van der Waals surface area contributed by atoms with E-state index in [1.165, 1.54) is 0 Å². The Balaban J connectivity index is 1.64. The third-order valence-corrected chi connectivity index (χ3v) is 5.68. The lowest BCUT2D eigenvalue weighted by molar-refractivity contribution is 0.0696. The number of hydrogen-bond acceptors (Lipinski definition) is 4. The molecule has 1 saturated carbocycles. The number of nitrogens with one attached hydrogen (secondary N) is 1. The highest BCUT2D eigenvalue weighted by atomic mass is 16.6. The molecule has 0 atom stereocenters. The molecule has 31 heavy (non-hydrogen) atoms. The summed E-state index contributed by atoms with van der Waals surface area (Å²) < 4.78 is 7.44. The SMILES string of the molecule is Cc1cc(=O)c2ccc(NC(=O)OC3CCCC3)cc2n1Cc1ccc(C(=O)O)cc1. The lowest BCUT2D eigenvalue weighted by Gasteiger charge is -2.17. The third-order valence-electron chi connectivity index (χ3n) is 5.68. The number of carbonyl (C=O) groups is 2. The van der Waals surface area contributed by atoms with Crippen molar-refractivity contribution < 1.29 is 19.4 Å². The maximum atomic E-state index is 12.5. The number of aromatic nitrogens is 1. The first-order chi connectivity index (χ1) is 14.9. The van der Waals surface area contributed by atoms with E-state index >= 15 is 0 Å². The Morgan fingerprint density at radius 1 is 1.10 bits per heavy atom. The molecule has 1 heterocycles. The molecule has 0 radical (unpaired) electrons. The van der Waals surface area contributed by atoms with Crippen molar-refractivity contribution in [2.45, 2.75) is 45.3 Å². The van der Waals surface area contributed by atoms with Crippen LogP contribution in [0.15, 0.2) is 53.3 Å². The minimum Gasteiger partial charge on any atom is -0.478 e. The van der Waals surface area contributed by atoms with Gasteiger partial charge in [0.05, 0.1) is 11.1 Å². The third kappa shape index (κ3) is 4.60. The van der Waals surface area contributed by atoms with Crippen molar-refractivity contribution in [1.29, 1.82) is 0 Å². The van der Waals surface area contributed by atoms with Crippen LogP contribution in [0, 0.1) is 6.92 Å². The second kappa shape index (κ2) is 8.63. The van der Waals surface area contributed by atoms with Crippen LogP contribution in [0.5, 0.6) is 0 Å². The lowest BCUT2D eigenvalue weighted by Crippen LogP contribution is -2.20. The van der Waals surface area contributed by atoms with E-state index in [1.54, 1.807) is 48.5 Å². The van der Waals surface area contributed by atoms with Crippen LogP contribution >= 0.6 is 0 Å². The maximum absolute atomic E-state index is 12.5. The summed E-state index contributed by atoms with van der Waals surface area (Å²) >= 11 is 0. The maximum Gasteiger partial charge on any atom is 0.411 e. The Kier molecular flexibility index (Phi) is 5.75. The van der Waals surface area contributed by atoms with Crippen molar-refractivity contribution in [1.82, 2.24) is 4.57 Å². The predicted molar refractivity (Wildman–Crippen MR) is 118 cm³/mol. The average Bonchev–Trinajstić information content (AvgIpc) is 3.24. The lowest BCUT2D eigenvalue weighted by atomic mass is 10.1. The van der Waals surface area contributed by atoms with Crippen LogP contribution in [-0.4, -0.2) is 27.8 Å². The summed E-state index contributed by atoms with van der Waals surface area (Å²) in [4.78, 5) is 35.8. The second-order valence-electron chi connectivity index (χ2n) is 7.91. The van der Waals surface area contributed by atoms with Crippen LogP contribution in [0.3, 0.4) is 0 Å². The minimum absolute atomic E-state index is 0.0327. The van der Waals surface area contributed by atoms with Gasteiger partial charge in [0.2, 0.25) is 0 Å². The number of hydrogen-bond donors (Lipinski definition) is 2. The number of aryl methyl sites for hydroxylation is 1. The Morgan fingerprint density at radius 3 is 2.48 bits per heavy atom. The molecule has 0 unspecified atom stereocenters. The van der Waals surface area contributed by atoms with Gasteiger partial charge in [0.1, 0.15) is 6.10 Å². The largest absolute Gasteiger partial charge is 0.478 e. The van der Waals surface area contributed by atoms with Gasteiger partial charge in [-0.15, -0.1) is 0 Å². The van der Waals surface area contributed by atoms with Crippen LogP contribution in [0.25, 0.3) is 10.9 Å². The normalized spacial score (nSPS) is 14.0. The van der Waals surface area contributed by atoms with Crippen LogP contribution in [-0.2, 0) is 11.3 Å². The number of pyridine rings is 1. The van der Waals surface area contributed by atoms with E-state index in [0.717, 1.165) is 36.9 Å². The van der Waals surface area contributed by atoms with Gasteiger partial charge in [0, 0.05) is 29.4 Å². The topological polar surface area (TPSA) is 97.6 Å². The summed E-state index contributed by atoms with van der Waals surface area (Å²) in [5.74, 6) is -0.975. The van der Waals surface area contributed by atoms with Gasteiger partial charge in [0.25, 0.3) is 0 Å². The Morgan fingerprint density at radius 2 is 1.81 bits per heavy atom. The Hall–Kier alpha value is -3.61. The van der Waals surface area contributed by atoms with Crippen LogP contribution in [0.4, 0.5) is 10.5 Å². The van der Waals surface area contributed by atoms with E-state index < -0.39 is 12.1 Å². The minimum atomic E-state index is -0.975. The molecule has 0 spiro atoms. The fourth-order valence-corrected chi connectivity index (χ4v) is 4.03. The summed E-state index contributed by atoms with van der Waals surface area (Å²) in [5.41, 5.74) is 3.03. The standard InChI is InChI=1S/C24H24N2O5/c1-15-12-22(27)20-11-10-18(25-24(30)31-19-4-2-3-5-19)13-21(20)26(15)14-16-6-8-17(9-7-16)23(28)29/h6-13,19H,2-5,14H2,1H3,(H,25,30)(H,28,29). The molecule has 4 rings (SSSR count). The Bertz CT molecular complexity index is 1190. The van der Waals surface area contributed by atoms with Crippen LogP contribution in [0.1, 0.15) is 47.3 Å². The van der Waals surface area contributed by atoms with E-state index in [9.17, 15) is 14.4 Å². The first-order valence-corrected chi connectivity index (χ1v) is 10.3. The zero-order valence-corrected chi connectivity index (χ0v) is 17.3. The van der Waals surface area contributed by atoms with Gasteiger partial charge >= 0.3 is 12.1 Å². The molecule has 3 aromatic rings. The molecule has 0 aliphatic heterocycles. The van der Waals surface area contributed by atoms with Gasteiger partial charge in [-0.1, -0.05) is 12.1 Å². The van der Waals surface area contributed by atoms with Gasteiger partial charge in [-0.25, -0.2) is 9.59 Å². The number of carboxylic acid groups (broad SMARTS) is 1. The van der Waals surface area contributed by atoms with Crippen molar-refractivity contribution >= 4 is 28.7 Å². The van der Waals surface area contributed by atoms with Gasteiger partial charge in [0.15, 0.2) is 5.43 Å². The molecule has 2 aromatic carbocycles. The summed E-state index contributed by atoms with van der Waals surface area (Å²) in [6, 6.07) is 13.4. The number of ether oxygens (including phenoxy) is 1. The number of nitrogens with zero attached hydrogens (tertiary/aromatic N) is 1. The molecule has 160 valence electrons. The quantitative estimate of drug-likeness (QED) is 0.631. The van der Waals surface area contributed by atoms with E-state index in [-0.39, 0.29) is 17.1 Å². The summed E-state index contributed by atoms with van der Waals surface area (Å²) in [6.07, 6.45) is 3.42. The molecular formula is C24H24N2O5. The molecular weight excluding hydrogens is 396 g/mol. The van der Waals surface area contributed by atoms with Gasteiger partial charge < -0.3 is 14.4 Å². The summed E-state index contributed by atoms with van der Waals surface area (Å²) in [6.45, 7) is 2.30. The average molecular weight is 420 g/mol. The summed E-state index contributed by atoms with van der Waals surface area (Å²) in [7, 11) is 0. The van der Waals surface area contributed by atoms with E-state index in [2.05, 4.69) is 5.32 Å². The summed E-state index contributed by atoms with van der Waals surface area (Å²) in [5, 5.41) is 12.4. The van der Waals surface area contributed by atoms with Crippen molar-refractivity contribution in [3.05, 3.63) is 75.6 Å². The van der Waals surface area contributed by atoms with Crippen molar-refractivity contribution in [2.75, 3.05) is 5.32 Å². The number of rotatable bonds is 5. The fourth-order valence-electron chi connectivity index (χ4n) is 4.03. The number of amides is 1. The van der Waals surface area contributed by atoms with Crippen molar-refractivity contribution in [2.24, 2.45) is 0 Å². The monoisotopic (exact) mass is 420 g/mol. The number of aromatic carboxylic acids is 1. The number of anilines is 1. The first kappa shape index (κ1) is 20.7. The van der Waals surface area contributed by atoms with E-state index in [4.69, 9.17) is 9.84 Å². The molecule has 1 amide bonds. The molecule has 1 aliphatic rings. The zero-order valence-electron chi connectivity index (χ0n) is 17.3. The fraction of sp³-hybridized carbons (Fsp3) is 0.292. The highest BCUT2D eigenvalue weighted by Crippen LogP contribution is 2.23. The predicted octanol–water partition coefficient (Wildman–Crippen LogP) is 4.55. The smallest absolute Gasteiger partial charge is 0.411 e. The highest BCUT2D eigenvalue weighted by molar-refractivity contribution is 5.90. The number of benzene rings is 2. The molecule has 7 heteroatoms. The van der Waals surface area contributed by atoms with Gasteiger partial charge in [-0.05, 0) is 68.5 Å². The van der Waals surface area contributed by atoms with Crippen molar-refractivity contribution in [3.63, 3.8) is 0 Å².